The van der Waals surface area contributed by atoms with Gasteiger partial charge in [-0.1, -0.05) is 12.1 Å². The molecule has 3 N–H and O–H groups in total. The van der Waals surface area contributed by atoms with Gasteiger partial charge in [-0.3, -0.25) is 4.79 Å². The van der Waals surface area contributed by atoms with E-state index in [1.165, 1.54) is 0 Å². The molecule has 0 bridgehead atoms. The lowest BCUT2D eigenvalue weighted by atomic mass is 9.98. The molecule has 0 aliphatic carbocycles. The van der Waals surface area contributed by atoms with Crippen LogP contribution in [0, 0.1) is 6.92 Å². The molecular weight excluding hydrogens is 218 g/mol. The average Bonchev–Trinajstić information content (AvgIpc) is 2.56. The normalized spacial score (nSPS) is 12.9. The number of fused-ring (bicyclic) bond motifs is 1. The molecule has 0 radical (unpaired) electrons. The van der Waals surface area contributed by atoms with Crippen LogP contribution in [-0.4, -0.2) is 27.2 Å². The van der Waals surface area contributed by atoms with Gasteiger partial charge >= 0.3 is 5.97 Å². The van der Waals surface area contributed by atoms with Crippen molar-refractivity contribution in [2.45, 2.75) is 12.8 Å². The molecule has 90 valence electrons. The van der Waals surface area contributed by atoms with Crippen LogP contribution in [0.2, 0.25) is 0 Å². The topological polar surface area (TPSA) is 81.1 Å². The number of carboxylic acid groups (broad SMARTS) is 1. The van der Waals surface area contributed by atoms with Gasteiger partial charge in [-0.05, 0) is 18.6 Å². The number of carboxylic acids is 1. The largest absolute Gasteiger partial charge is 0.481 e. The van der Waals surface area contributed by atoms with Crippen molar-refractivity contribution in [1.29, 1.82) is 0 Å². The molecule has 0 saturated carbocycles. The smallest absolute Gasteiger partial charge is 0.312 e. The molecule has 0 spiro atoms. The van der Waals surface area contributed by atoms with E-state index in [2.05, 4.69) is 4.98 Å². The lowest BCUT2D eigenvalue weighted by Crippen LogP contribution is -2.21. The van der Waals surface area contributed by atoms with Crippen molar-refractivity contribution in [2.75, 3.05) is 6.54 Å². The number of aliphatic carboxylic acids is 1. The number of nitrogens with zero attached hydrogens (tertiary/aromatic N) is 2. The van der Waals surface area contributed by atoms with E-state index in [0.717, 1.165) is 22.4 Å². The lowest BCUT2D eigenvalue weighted by molar-refractivity contribution is -0.138. The van der Waals surface area contributed by atoms with Crippen molar-refractivity contribution in [3.8, 4) is 0 Å². The predicted octanol–water partition coefficient (Wildman–Crippen LogP) is 1.01. The van der Waals surface area contributed by atoms with Crippen LogP contribution < -0.4 is 5.73 Å². The Labute approximate surface area is 98.9 Å². The van der Waals surface area contributed by atoms with Crippen molar-refractivity contribution < 1.29 is 9.90 Å². The van der Waals surface area contributed by atoms with Crippen LogP contribution in [0.4, 0.5) is 0 Å². The van der Waals surface area contributed by atoms with Gasteiger partial charge in [0.05, 0.1) is 17.0 Å². The van der Waals surface area contributed by atoms with Crippen LogP contribution in [0.15, 0.2) is 18.2 Å². The highest BCUT2D eigenvalue weighted by Gasteiger charge is 2.22. The third kappa shape index (κ3) is 1.78. The highest BCUT2D eigenvalue weighted by Crippen LogP contribution is 2.25. The van der Waals surface area contributed by atoms with Gasteiger partial charge in [-0.15, -0.1) is 0 Å². The van der Waals surface area contributed by atoms with E-state index in [9.17, 15) is 9.90 Å². The quantitative estimate of drug-likeness (QED) is 0.829. The molecule has 0 aliphatic rings. The van der Waals surface area contributed by atoms with Crippen LogP contribution in [0.25, 0.3) is 11.0 Å². The van der Waals surface area contributed by atoms with Crippen LogP contribution in [0.3, 0.4) is 0 Å². The number of aryl methyl sites for hydroxylation is 2. The fraction of sp³-hybridized carbons (Fsp3) is 0.333. The highest BCUT2D eigenvalue weighted by molar-refractivity contribution is 5.87. The van der Waals surface area contributed by atoms with Gasteiger partial charge in [0.2, 0.25) is 0 Å². The zero-order valence-corrected chi connectivity index (χ0v) is 9.84. The molecule has 5 nitrogen and oxygen atoms in total. The van der Waals surface area contributed by atoms with Gasteiger partial charge in [-0.2, -0.15) is 0 Å². The summed E-state index contributed by atoms with van der Waals surface area (Å²) in [6.07, 6.45) is 0. The first-order chi connectivity index (χ1) is 8.06. The van der Waals surface area contributed by atoms with Gasteiger partial charge in [-0.25, -0.2) is 4.98 Å². The van der Waals surface area contributed by atoms with Crippen molar-refractivity contribution in [3.05, 3.63) is 29.6 Å². The van der Waals surface area contributed by atoms with Crippen molar-refractivity contribution in [1.82, 2.24) is 9.55 Å². The number of rotatable bonds is 3. The number of hydrogen-bond donors (Lipinski definition) is 2. The minimum atomic E-state index is -0.904. The Hall–Kier alpha value is -1.88. The predicted molar refractivity (Wildman–Crippen MR) is 64.9 cm³/mol. The summed E-state index contributed by atoms with van der Waals surface area (Å²) in [5.74, 6) is -0.735. The molecule has 0 fully saturated rings. The van der Waals surface area contributed by atoms with Crippen LogP contribution in [0.1, 0.15) is 17.3 Å². The molecule has 0 saturated heterocycles. The number of imidazole rings is 1. The molecule has 1 unspecified atom stereocenters. The Bertz CT molecular complexity index is 574. The first kappa shape index (κ1) is 11.6. The Morgan fingerprint density at radius 1 is 1.59 bits per heavy atom. The van der Waals surface area contributed by atoms with Crippen LogP contribution in [0.5, 0.6) is 0 Å². The van der Waals surface area contributed by atoms with Crippen molar-refractivity contribution in [2.24, 2.45) is 12.8 Å². The number of nitrogens with two attached hydrogens (primary N) is 1. The molecule has 0 aliphatic heterocycles. The first-order valence-electron chi connectivity index (χ1n) is 5.41. The molecule has 2 rings (SSSR count). The van der Waals surface area contributed by atoms with Gasteiger partial charge < -0.3 is 15.4 Å². The van der Waals surface area contributed by atoms with E-state index >= 15 is 0 Å². The number of hydrogen-bond acceptors (Lipinski definition) is 3. The minimum absolute atomic E-state index is 0.0820. The third-order valence-corrected chi connectivity index (χ3v) is 3.06. The maximum Gasteiger partial charge on any atom is 0.312 e. The standard InChI is InChI=1S/C12H15N3O2/c1-7-14-10-5-3-4-8(11(10)15(7)2)9(6-13)12(16)17/h3-5,9H,6,13H2,1-2H3,(H,16,17). The highest BCUT2D eigenvalue weighted by atomic mass is 16.4. The van der Waals surface area contributed by atoms with Crippen LogP contribution >= 0.6 is 0 Å². The summed E-state index contributed by atoms with van der Waals surface area (Å²) >= 11 is 0. The fourth-order valence-electron chi connectivity index (χ4n) is 2.06. The first-order valence-corrected chi connectivity index (χ1v) is 5.41. The van der Waals surface area contributed by atoms with E-state index in [-0.39, 0.29) is 6.54 Å². The van der Waals surface area contributed by atoms with E-state index < -0.39 is 11.9 Å². The molecule has 1 aromatic heterocycles. The Balaban J connectivity index is 2.72. The second-order valence-electron chi connectivity index (χ2n) is 4.06. The molecule has 2 aromatic rings. The SMILES string of the molecule is Cc1nc2cccc(C(CN)C(=O)O)c2n1C. The average molecular weight is 233 g/mol. The Kier molecular flexibility index (Phi) is 2.85. The van der Waals surface area contributed by atoms with Gasteiger partial charge in [0.1, 0.15) is 5.82 Å². The number of carbonyl (C=O) groups is 1. The molecule has 1 aromatic carbocycles. The van der Waals surface area contributed by atoms with Crippen LogP contribution in [-0.2, 0) is 11.8 Å². The van der Waals surface area contributed by atoms with E-state index in [0.29, 0.717) is 0 Å². The molecule has 1 heterocycles. The van der Waals surface area contributed by atoms with Crippen molar-refractivity contribution in [3.63, 3.8) is 0 Å². The molecular formula is C12H15N3O2. The zero-order chi connectivity index (χ0) is 12.6. The van der Waals surface area contributed by atoms with E-state index in [1.54, 1.807) is 6.07 Å². The van der Waals surface area contributed by atoms with Gasteiger partial charge in [0.25, 0.3) is 0 Å². The molecule has 1 atom stereocenters. The lowest BCUT2D eigenvalue weighted by Gasteiger charge is -2.12. The minimum Gasteiger partial charge on any atom is -0.481 e. The van der Waals surface area contributed by atoms with E-state index in [1.807, 2.05) is 30.7 Å². The summed E-state index contributed by atoms with van der Waals surface area (Å²) in [5.41, 5.74) is 7.92. The summed E-state index contributed by atoms with van der Waals surface area (Å²) in [7, 11) is 1.88. The van der Waals surface area contributed by atoms with E-state index in [4.69, 9.17) is 5.73 Å². The maximum absolute atomic E-state index is 11.2. The second kappa shape index (κ2) is 4.18. The summed E-state index contributed by atoms with van der Waals surface area (Å²) in [4.78, 5) is 15.6. The number of aromatic nitrogens is 2. The zero-order valence-electron chi connectivity index (χ0n) is 9.84. The molecule has 0 amide bonds. The maximum atomic E-state index is 11.2. The van der Waals surface area contributed by atoms with Gasteiger partial charge in [0, 0.05) is 13.6 Å². The summed E-state index contributed by atoms with van der Waals surface area (Å²) < 4.78 is 1.90. The Morgan fingerprint density at radius 3 is 2.88 bits per heavy atom. The summed E-state index contributed by atoms with van der Waals surface area (Å²) in [6.45, 7) is 1.97. The summed E-state index contributed by atoms with van der Waals surface area (Å²) in [5, 5.41) is 9.17. The van der Waals surface area contributed by atoms with Gasteiger partial charge in [0.15, 0.2) is 0 Å². The number of benzene rings is 1. The summed E-state index contributed by atoms with van der Waals surface area (Å²) in [6, 6.07) is 5.49. The molecule has 5 heteroatoms. The monoisotopic (exact) mass is 233 g/mol. The third-order valence-electron chi connectivity index (χ3n) is 3.06. The molecule has 17 heavy (non-hydrogen) atoms. The second-order valence-corrected chi connectivity index (χ2v) is 4.06. The van der Waals surface area contributed by atoms with Crippen molar-refractivity contribution >= 4 is 17.0 Å². The number of para-hydroxylation sites is 1. The fourth-order valence-corrected chi connectivity index (χ4v) is 2.06. The Morgan fingerprint density at radius 2 is 2.29 bits per heavy atom.